The van der Waals surface area contributed by atoms with Gasteiger partial charge in [-0.3, -0.25) is 14.6 Å². The predicted octanol–water partition coefficient (Wildman–Crippen LogP) is -0.463. The summed E-state index contributed by atoms with van der Waals surface area (Å²) in [5.41, 5.74) is -1.30. The normalized spacial score (nSPS) is 15.4. The smallest absolute Gasteiger partial charge is 0.326 e. The molecule has 23 heavy (non-hydrogen) atoms. The van der Waals surface area contributed by atoms with Crippen LogP contribution < -0.4 is 16.0 Å². The van der Waals surface area contributed by atoms with Crippen molar-refractivity contribution in [2.45, 2.75) is 18.9 Å². The average molecular weight is 317 g/mol. The first kappa shape index (κ1) is 14.9. The second-order valence-corrected chi connectivity index (χ2v) is 5.16. The number of aromatic nitrogens is 4. The summed E-state index contributed by atoms with van der Waals surface area (Å²) in [5, 5.41) is 0. The van der Waals surface area contributed by atoms with Crippen molar-refractivity contribution in [3.05, 3.63) is 51.2 Å². The molecule has 1 fully saturated rings. The SMILES string of the molecule is O=C(c1cc(=O)[nH]c(=O)[nH]1)N1CCC(Oc2ccncn2)CC1. The predicted molar refractivity (Wildman–Crippen MR) is 79.3 cm³/mol. The molecule has 9 nitrogen and oxygen atoms in total. The molecule has 0 atom stereocenters. The van der Waals surface area contributed by atoms with E-state index in [0.29, 0.717) is 31.8 Å². The molecule has 0 radical (unpaired) electrons. The van der Waals surface area contributed by atoms with Gasteiger partial charge < -0.3 is 14.6 Å². The van der Waals surface area contributed by atoms with E-state index in [1.807, 2.05) is 4.98 Å². The Hall–Kier alpha value is -2.97. The summed E-state index contributed by atoms with van der Waals surface area (Å²) in [4.78, 5) is 48.6. The molecule has 2 aromatic rings. The van der Waals surface area contributed by atoms with Gasteiger partial charge in [-0.1, -0.05) is 0 Å². The summed E-state index contributed by atoms with van der Waals surface area (Å²) in [6.07, 6.45) is 4.26. The number of hydrogen-bond acceptors (Lipinski definition) is 6. The molecule has 2 aromatic heterocycles. The van der Waals surface area contributed by atoms with Crippen molar-refractivity contribution in [3.8, 4) is 5.88 Å². The summed E-state index contributed by atoms with van der Waals surface area (Å²) < 4.78 is 5.73. The highest BCUT2D eigenvalue weighted by Gasteiger charge is 2.25. The number of aromatic amines is 2. The molecule has 3 rings (SSSR count). The Labute approximate surface area is 130 Å². The van der Waals surface area contributed by atoms with Gasteiger partial charge in [-0.25, -0.2) is 14.8 Å². The van der Waals surface area contributed by atoms with Crippen LogP contribution in [-0.2, 0) is 0 Å². The number of hydrogen-bond donors (Lipinski definition) is 2. The van der Waals surface area contributed by atoms with Crippen LogP contribution >= 0.6 is 0 Å². The minimum Gasteiger partial charge on any atom is -0.474 e. The molecule has 2 N–H and O–H groups in total. The van der Waals surface area contributed by atoms with Crippen molar-refractivity contribution in [1.29, 1.82) is 0 Å². The molecular formula is C14H15N5O4. The first-order valence-corrected chi connectivity index (χ1v) is 7.17. The number of ether oxygens (including phenoxy) is 1. The largest absolute Gasteiger partial charge is 0.474 e. The number of likely N-dealkylation sites (tertiary alicyclic amines) is 1. The second-order valence-electron chi connectivity index (χ2n) is 5.16. The van der Waals surface area contributed by atoms with Gasteiger partial charge in [-0.2, -0.15) is 0 Å². The van der Waals surface area contributed by atoms with Crippen LogP contribution in [0.3, 0.4) is 0 Å². The van der Waals surface area contributed by atoms with E-state index in [1.54, 1.807) is 17.2 Å². The van der Waals surface area contributed by atoms with Gasteiger partial charge in [0.2, 0.25) is 5.88 Å². The molecule has 120 valence electrons. The topological polar surface area (TPSA) is 121 Å². The highest BCUT2D eigenvalue weighted by Crippen LogP contribution is 2.17. The second kappa shape index (κ2) is 6.42. The first-order valence-electron chi connectivity index (χ1n) is 7.17. The molecule has 1 aliphatic rings. The molecule has 0 bridgehead atoms. The Kier molecular flexibility index (Phi) is 4.18. The van der Waals surface area contributed by atoms with Crippen LogP contribution in [-0.4, -0.2) is 49.9 Å². The summed E-state index contributed by atoms with van der Waals surface area (Å²) in [7, 11) is 0. The lowest BCUT2D eigenvalue weighted by Crippen LogP contribution is -2.43. The van der Waals surface area contributed by atoms with E-state index in [1.165, 1.54) is 6.33 Å². The molecule has 1 saturated heterocycles. The monoisotopic (exact) mass is 317 g/mol. The molecule has 1 amide bonds. The highest BCUT2D eigenvalue weighted by atomic mass is 16.5. The first-order chi connectivity index (χ1) is 11.1. The summed E-state index contributed by atoms with van der Waals surface area (Å²) in [5.74, 6) is 0.136. The fourth-order valence-corrected chi connectivity index (χ4v) is 2.45. The van der Waals surface area contributed by atoms with E-state index in [2.05, 4.69) is 15.0 Å². The quantitative estimate of drug-likeness (QED) is 0.790. The molecule has 0 unspecified atom stereocenters. The van der Waals surface area contributed by atoms with Gasteiger partial charge in [0.1, 0.15) is 18.1 Å². The van der Waals surface area contributed by atoms with Crippen LogP contribution in [0.2, 0.25) is 0 Å². The molecule has 9 heteroatoms. The van der Waals surface area contributed by atoms with Crippen LogP contribution in [0, 0.1) is 0 Å². The zero-order valence-electron chi connectivity index (χ0n) is 12.2. The zero-order valence-corrected chi connectivity index (χ0v) is 12.2. The van der Waals surface area contributed by atoms with Crippen LogP contribution in [0.5, 0.6) is 5.88 Å². The van der Waals surface area contributed by atoms with Gasteiger partial charge >= 0.3 is 5.69 Å². The van der Waals surface area contributed by atoms with E-state index in [0.717, 1.165) is 6.07 Å². The average Bonchev–Trinajstić information content (AvgIpc) is 2.55. The number of carbonyl (C=O) groups is 1. The van der Waals surface area contributed by atoms with Crippen molar-refractivity contribution < 1.29 is 9.53 Å². The Morgan fingerprint density at radius 2 is 2.04 bits per heavy atom. The van der Waals surface area contributed by atoms with Crippen LogP contribution in [0.25, 0.3) is 0 Å². The summed E-state index contributed by atoms with van der Waals surface area (Å²) in [6, 6.07) is 2.77. The van der Waals surface area contributed by atoms with Gasteiger partial charge in [-0.05, 0) is 0 Å². The zero-order chi connectivity index (χ0) is 16.2. The Morgan fingerprint density at radius 1 is 1.26 bits per heavy atom. The highest BCUT2D eigenvalue weighted by molar-refractivity contribution is 5.92. The van der Waals surface area contributed by atoms with Gasteiger partial charge in [-0.15, -0.1) is 0 Å². The number of rotatable bonds is 3. The minimum absolute atomic E-state index is 0.00563. The van der Waals surface area contributed by atoms with Crippen molar-refractivity contribution in [2.24, 2.45) is 0 Å². The van der Waals surface area contributed by atoms with Gasteiger partial charge in [0.15, 0.2) is 0 Å². The maximum Gasteiger partial charge on any atom is 0.326 e. The lowest BCUT2D eigenvalue weighted by molar-refractivity contribution is 0.0581. The maximum absolute atomic E-state index is 12.3. The molecule has 0 aromatic carbocycles. The Bertz CT molecular complexity index is 764. The number of amides is 1. The van der Waals surface area contributed by atoms with Gasteiger partial charge in [0, 0.05) is 44.3 Å². The molecule has 1 aliphatic heterocycles. The Balaban J connectivity index is 1.61. The van der Waals surface area contributed by atoms with Gasteiger partial charge in [0.25, 0.3) is 11.5 Å². The third-order valence-corrected chi connectivity index (χ3v) is 3.56. The standard InChI is InChI=1S/C14H15N5O4/c20-11-7-10(17-14(22)18-11)13(21)19-5-2-9(3-6-19)23-12-1-4-15-8-16-12/h1,4,7-9H,2-3,5-6H2,(H2,17,18,20,22). The van der Waals surface area contributed by atoms with E-state index in [4.69, 9.17) is 4.74 Å². The Morgan fingerprint density at radius 3 is 2.70 bits per heavy atom. The van der Waals surface area contributed by atoms with E-state index in [-0.39, 0.29) is 17.7 Å². The molecule has 0 aliphatic carbocycles. The third-order valence-electron chi connectivity index (χ3n) is 3.56. The van der Waals surface area contributed by atoms with Crippen LogP contribution in [0.15, 0.2) is 34.2 Å². The number of nitrogens with one attached hydrogen (secondary N) is 2. The third kappa shape index (κ3) is 3.62. The van der Waals surface area contributed by atoms with Gasteiger partial charge in [0.05, 0.1) is 0 Å². The number of piperidine rings is 1. The van der Waals surface area contributed by atoms with Crippen LogP contribution in [0.4, 0.5) is 0 Å². The summed E-state index contributed by atoms with van der Waals surface area (Å²) >= 11 is 0. The fraction of sp³-hybridized carbons (Fsp3) is 0.357. The number of nitrogens with zero attached hydrogens (tertiary/aromatic N) is 3. The molecule has 3 heterocycles. The van der Waals surface area contributed by atoms with Crippen LogP contribution in [0.1, 0.15) is 23.3 Å². The van der Waals surface area contributed by atoms with Crippen molar-refractivity contribution >= 4 is 5.91 Å². The molecule has 0 saturated carbocycles. The fourth-order valence-electron chi connectivity index (χ4n) is 2.45. The molecular weight excluding hydrogens is 302 g/mol. The lowest BCUT2D eigenvalue weighted by Gasteiger charge is -2.31. The van der Waals surface area contributed by atoms with Crippen molar-refractivity contribution in [1.82, 2.24) is 24.8 Å². The van der Waals surface area contributed by atoms with E-state index >= 15 is 0 Å². The number of carbonyl (C=O) groups excluding carboxylic acids is 1. The van der Waals surface area contributed by atoms with E-state index < -0.39 is 11.2 Å². The maximum atomic E-state index is 12.3. The molecule has 0 spiro atoms. The summed E-state index contributed by atoms with van der Waals surface area (Å²) in [6.45, 7) is 0.951. The van der Waals surface area contributed by atoms with E-state index in [9.17, 15) is 14.4 Å². The van der Waals surface area contributed by atoms with Crippen molar-refractivity contribution in [3.63, 3.8) is 0 Å². The van der Waals surface area contributed by atoms with Crippen molar-refractivity contribution in [2.75, 3.05) is 13.1 Å². The minimum atomic E-state index is -0.692. The number of H-pyrrole nitrogens is 2. The lowest BCUT2D eigenvalue weighted by atomic mass is 10.1.